The third kappa shape index (κ3) is 0.894. The summed E-state index contributed by atoms with van der Waals surface area (Å²) in [5.41, 5.74) is 2.03. The van der Waals surface area contributed by atoms with E-state index in [0.29, 0.717) is 0 Å². The molecular weight excluding hydrogens is 230 g/mol. The molecule has 0 amide bonds. The minimum Gasteiger partial charge on any atom is -0.388 e. The van der Waals surface area contributed by atoms with Crippen LogP contribution in [0.5, 0.6) is 0 Å². The Labute approximate surface area is 105 Å². The summed E-state index contributed by atoms with van der Waals surface area (Å²) in [6, 6.07) is 7.91. The Bertz CT molecular complexity index is 594. The van der Waals surface area contributed by atoms with Crippen molar-refractivity contribution in [3.05, 3.63) is 35.4 Å². The second-order valence-corrected chi connectivity index (χ2v) is 5.20. The number of oxime groups is 1. The van der Waals surface area contributed by atoms with E-state index in [4.69, 9.17) is 9.57 Å². The van der Waals surface area contributed by atoms with Gasteiger partial charge in [0, 0.05) is 5.56 Å². The van der Waals surface area contributed by atoms with Crippen molar-refractivity contribution in [2.75, 3.05) is 0 Å². The molecule has 0 saturated carbocycles. The van der Waals surface area contributed by atoms with Gasteiger partial charge in [0.2, 0.25) is 0 Å². The van der Waals surface area contributed by atoms with E-state index in [1.165, 1.54) is 0 Å². The molecule has 3 aliphatic rings. The molecule has 0 radical (unpaired) electrons. The lowest BCUT2D eigenvalue weighted by atomic mass is 9.72. The van der Waals surface area contributed by atoms with Crippen LogP contribution in [0, 0.1) is 5.92 Å². The minimum absolute atomic E-state index is 0.00477. The molecule has 1 saturated heterocycles. The normalized spacial score (nSPS) is 39.0. The molecule has 0 N–H and O–H groups in total. The molecule has 1 aromatic carbocycles. The lowest BCUT2D eigenvalue weighted by Crippen LogP contribution is -2.45. The molecule has 18 heavy (non-hydrogen) atoms. The van der Waals surface area contributed by atoms with Gasteiger partial charge in [0.25, 0.3) is 0 Å². The van der Waals surface area contributed by atoms with E-state index in [1.54, 1.807) is 6.92 Å². The second kappa shape index (κ2) is 3.01. The molecule has 4 atom stereocenters. The molecule has 2 bridgehead atoms. The van der Waals surface area contributed by atoms with Gasteiger partial charge in [0.15, 0.2) is 17.5 Å². The summed E-state index contributed by atoms with van der Waals surface area (Å²) in [5, 5.41) is 4.06. The van der Waals surface area contributed by atoms with Crippen LogP contribution in [-0.4, -0.2) is 17.6 Å². The predicted octanol–water partition coefficient (Wildman–Crippen LogP) is 1.95. The topological polar surface area (TPSA) is 47.9 Å². The lowest BCUT2D eigenvalue weighted by molar-refractivity contribution is -0.151. The summed E-state index contributed by atoms with van der Waals surface area (Å²) in [7, 11) is 0. The molecule has 1 fully saturated rings. The van der Waals surface area contributed by atoms with Crippen LogP contribution in [0.1, 0.15) is 31.1 Å². The van der Waals surface area contributed by atoms with Crippen molar-refractivity contribution in [1.29, 1.82) is 0 Å². The van der Waals surface area contributed by atoms with Crippen LogP contribution in [0.3, 0.4) is 0 Å². The van der Waals surface area contributed by atoms with Crippen molar-refractivity contribution in [3.63, 3.8) is 0 Å². The molecule has 4 rings (SSSR count). The van der Waals surface area contributed by atoms with Crippen molar-refractivity contribution >= 4 is 11.5 Å². The number of nitrogens with zero attached hydrogens (tertiary/aromatic N) is 1. The summed E-state index contributed by atoms with van der Waals surface area (Å²) in [4.78, 5) is 17.7. The zero-order chi connectivity index (χ0) is 12.5. The van der Waals surface area contributed by atoms with E-state index in [9.17, 15) is 4.79 Å². The number of carbonyl (C=O) groups excluding carboxylic acids is 1. The lowest BCUT2D eigenvalue weighted by Gasteiger charge is -2.30. The van der Waals surface area contributed by atoms with Crippen LogP contribution < -0.4 is 0 Å². The summed E-state index contributed by atoms with van der Waals surface area (Å²) in [6.45, 7) is 3.50. The molecule has 0 spiro atoms. The minimum atomic E-state index is -0.951. The quantitative estimate of drug-likeness (QED) is 0.757. The van der Waals surface area contributed by atoms with Gasteiger partial charge in [-0.3, -0.25) is 4.79 Å². The molecule has 92 valence electrons. The highest BCUT2D eigenvalue weighted by molar-refractivity contribution is 5.95. The number of fused-ring (bicyclic) bond motifs is 8. The number of ether oxygens (including phenoxy) is 1. The highest BCUT2D eigenvalue weighted by atomic mass is 16.7. The average molecular weight is 243 g/mol. The predicted molar refractivity (Wildman–Crippen MR) is 64.1 cm³/mol. The molecule has 0 unspecified atom stereocenters. The molecule has 3 aliphatic heterocycles. The van der Waals surface area contributed by atoms with Crippen molar-refractivity contribution in [2.45, 2.75) is 31.7 Å². The van der Waals surface area contributed by atoms with Gasteiger partial charge < -0.3 is 9.57 Å². The molecule has 4 heteroatoms. The maximum absolute atomic E-state index is 12.2. The highest BCUT2D eigenvalue weighted by Crippen LogP contribution is 2.60. The third-order valence-electron chi connectivity index (χ3n) is 4.35. The van der Waals surface area contributed by atoms with Crippen LogP contribution >= 0.6 is 0 Å². The Balaban J connectivity index is 1.99. The van der Waals surface area contributed by atoms with Gasteiger partial charge in [-0.15, -0.1) is 0 Å². The Hall–Kier alpha value is -1.68. The zero-order valence-corrected chi connectivity index (χ0v) is 10.2. The van der Waals surface area contributed by atoms with E-state index in [0.717, 1.165) is 16.8 Å². The molecule has 0 aromatic heterocycles. The van der Waals surface area contributed by atoms with Gasteiger partial charge in [-0.25, -0.2) is 0 Å². The first-order valence-electron chi connectivity index (χ1n) is 6.15. The van der Waals surface area contributed by atoms with Gasteiger partial charge in [-0.1, -0.05) is 29.4 Å². The summed E-state index contributed by atoms with van der Waals surface area (Å²) < 4.78 is 6.07. The fourth-order valence-corrected chi connectivity index (χ4v) is 3.56. The largest absolute Gasteiger partial charge is 0.388 e. The summed E-state index contributed by atoms with van der Waals surface area (Å²) in [6.07, 6.45) is -0.392. The maximum atomic E-state index is 12.2. The fraction of sp³-hybridized carbons (Fsp3) is 0.429. The van der Waals surface area contributed by atoms with Crippen LogP contribution in [0.15, 0.2) is 29.4 Å². The van der Waals surface area contributed by atoms with Gasteiger partial charge in [0.1, 0.15) is 0 Å². The van der Waals surface area contributed by atoms with Gasteiger partial charge in [-0.2, -0.15) is 0 Å². The highest BCUT2D eigenvalue weighted by Gasteiger charge is 2.69. The monoisotopic (exact) mass is 243 g/mol. The Morgan fingerprint density at radius 2 is 2.17 bits per heavy atom. The van der Waals surface area contributed by atoms with Crippen molar-refractivity contribution in [2.24, 2.45) is 11.1 Å². The maximum Gasteiger partial charge on any atom is 0.192 e. The van der Waals surface area contributed by atoms with E-state index in [-0.39, 0.29) is 23.9 Å². The van der Waals surface area contributed by atoms with E-state index in [1.807, 2.05) is 31.2 Å². The van der Waals surface area contributed by atoms with Gasteiger partial charge in [-0.05, 0) is 19.4 Å². The Kier molecular flexibility index (Phi) is 1.71. The molecular formula is C14H13NO3. The standard InChI is InChI=1S/C14H13NO3/c1-7-11-12-9-5-3-4-6-10(9)14(17-12,8(2)16)13(11)18-15-7/h3-6,11-13H,1-2H3/t11-,12-,13-,14+/m0/s1. The fourth-order valence-electron chi connectivity index (χ4n) is 3.56. The van der Waals surface area contributed by atoms with Crippen LogP contribution in [0.25, 0.3) is 0 Å². The molecule has 0 aliphatic carbocycles. The van der Waals surface area contributed by atoms with Crippen LogP contribution in [-0.2, 0) is 20.0 Å². The number of rotatable bonds is 1. The third-order valence-corrected chi connectivity index (χ3v) is 4.35. The summed E-state index contributed by atoms with van der Waals surface area (Å²) >= 11 is 0. The van der Waals surface area contributed by atoms with E-state index < -0.39 is 5.60 Å². The Morgan fingerprint density at radius 1 is 1.39 bits per heavy atom. The first-order valence-corrected chi connectivity index (χ1v) is 6.15. The van der Waals surface area contributed by atoms with E-state index >= 15 is 0 Å². The first kappa shape index (κ1) is 10.3. The number of hydrogen-bond donors (Lipinski definition) is 0. The van der Waals surface area contributed by atoms with Crippen molar-refractivity contribution in [3.8, 4) is 0 Å². The smallest absolute Gasteiger partial charge is 0.192 e. The second-order valence-electron chi connectivity index (χ2n) is 5.20. The van der Waals surface area contributed by atoms with E-state index in [2.05, 4.69) is 5.16 Å². The number of benzene rings is 1. The van der Waals surface area contributed by atoms with Crippen molar-refractivity contribution < 1.29 is 14.4 Å². The number of Topliss-reactive ketones (excluding diaryl/α,β-unsaturated/α-hetero) is 1. The SMILES string of the molecule is CC(=O)[C@@]12O[C@@H](c3ccccc31)[C@@H]1C(C)=NO[C@@H]12. The molecule has 3 heterocycles. The number of ketones is 1. The zero-order valence-electron chi connectivity index (χ0n) is 10.2. The van der Waals surface area contributed by atoms with Crippen molar-refractivity contribution in [1.82, 2.24) is 0 Å². The number of hydrogen-bond acceptors (Lipinski definition) is 4. The Morgan fingerprint density at radius 3 is 2.94 bits per heavy atom. The molecule has 4 nitrogen and oxygen atoms in total. The summed E-state index contributed by atoms with van der Waals surface area (Å²) in [5.74, 6) is 0.0682. The van der Waals surface area contributed by atoms with Gasteiger partial charge >= 0.3 is 0 Å². The first-order chi connectivity index (χ1) is 8.66. The van der Waals surface area contributed by atoms with Gasteiger partial charge in [0.05, 0.1) is 17.7 Å². The molecule has 1 aromatic rings. The average Bonchev–Trinajstić information content (AvgIpc) is 2.99. The van der Waals surface area contributed by atoms with Crippen LogP contribution in [0.2, 0.25) is 0 Å². The van der Waals surface area contributed by atoms with Crippen LogP contribution in [0.4, 0.5) is 0 Å². The number of carbonyl (C=O) groups is 1.